The molecule has 0 saturated carbocycles. The van der Waals surface area contributed by atoms with Gasteiger partial charge in [0, 0.05) is 0 Å². The minimum absolute atomic E-state index is 1.26. The van der Waals surface area contributed by atoms with Crippen LogP contribution in [0.3, 0.4) is 0 Å². The van der Waals surface area contributed by atoms with Crippen LogP contribution in [0.4, 0.5) is 0 Å². The van der Waals surface area contributed by atoms with Gasteiger partial charge in [-0.05, 0) is 13.8 Å². The molecule has 0 radical (unpaired) electrons. The van der Waals surface area contributed by atoms with E-state index in [1.807, 2.05) is 0 Å². The third-order valence-corrected chi connectivity index (χ3v) is 1.50. The Bertz CT molecular complexity index is 275. The number of hydrogen-bond acceptors (Lipinski definition) is 3. The Morgan fingerprint density at radius 1 is 0.846 bits per heavy atom. The summed E-state index contributed by atoms with van der Waals surface area (Å²) in [6.07, 6.45) is 2.53. The van der Waals surface area contributed by atoms with Gasteiger partial charge in [-0.25, -0.2) is 0 Å². The van der Waals surface area contributed by atoms with Gasteiger partial charge >= 0.3 is 0 Å². The summed E-state index contributed by atoms with van der Waals surface area (Å²) in [6, 6.07) is 8.48. The summed E-state index contributed by atoms with van der Waals surface area (Å²) in [6.45, 7) is 4.19. The lowest BCUT2D eigenvalue weighted by Crippen LogP contribution is -1.70. The highest BCUT2D eigenvalue weighted by atomic mass is 16.3. The molecule has 0 aliphatic heterocycles. The first-order chi connectivity index (χ1) is 6.29. The van der Waals surface area contributed by atoms with Gasteiger partial charge in [-0.2, -0.15) is 0 Å². The third-order valence-electron chi connectivity index (χ3n) is 1.50. The Labute approximate surface area is 77.4 Å². The molecule has 0 N–H and O–H groups in total. The van der Waals surface area contributed by atoms with Crippen LogP contribution < -0.4 is 0 Å². The second kappa shape index (κ2) is 5.09. The molecule has 0 aliphatic carbocycles. The van der Waals surface area contributed by atoms with Gasteiger partial charge in [0.25, 0.3) is 0 Å². The highest BCUT2D eigenvalue weighted by Crippen LogP contribution is 1.99. The Kier molecular flexibility index (Phi) is 3.70. The van der Waals surface area contributed by atoms with E-state index in [9.17, 15) is 0 Å². The molecule has 0 amide bonds. The number of benzene rings is 1. The van der Waals surface area contributed by atoms with Crippen molar-refractivity contribution in [1.29, 1.82) is 0 Å². The van der Waals surface area contributed by atoms with E-state index in [1.165, 1.54) is 23.9 Å². The van der Waals surface area contributed by atoms with Gasteiger partial charge in [-0.15, -0.1) is 10.2 Å². The predicted octanol–water partition coefficient (Wildman–Crippen LogP) is 2.37. The van der Waals surface area contributed by atoms with Crippen LogP contribution in [0.1, 0.15) is 11.1 Å². The quantitative estimate of drug-likeness (QED) is 0.618. The van der Waals surface area contributed by atoms with Crippen LogP contribution in [0, 0.1) is 13.8 Å². The Hall–Kier alpha value is -1.64. The molecule has 0 fully saturated rings. The summed E-state index contributed by atoms with van der Waals surface area (Å²) < 4.78 is 4.36. The molecular weight excluding hydrogens is 164 g/mol. The largest absolute Gasteiger partial charge is 0.431 e. The van der Waals surface area contributed by atoms with E-state index in [0.717, 1.165) is 0 Å². The topological polar surface area (TPSA) is 38.9 Å². The van der Waals surface area contributed by atoms with Crippen LogP contribution in [0.2, 0.25) is 0 Å². The summed E-state index contributed by atoms with van der Waals surface area (Å²) >= 11 is 0. The van der Waals surface area contributed by atoms with Gasteiger partial charge in [0.1, 0.15) is 0 Å². The van der Waals surface area contributed by atoms with E-state index in [-0.39, 0.29) is 0 Å². The van der Waals surface area contributed by atoms with Crippen molar-refractivity contribution in [2.45, 2.75) is 13.8 Å². The minimum atomic E-state index is 1.26. The van der Waals surface area contributed by atoms with Crippen molar-refractivity contribution in [1.82, 2.24) is 10.2 Å². The van der Waals surface area contributed by atoms with Gasteiger partial charge in [0.05, 0.1) is 0 Å². The van der Waals surface area contributed by atoms with E-state index in [1.54, 1.807) is 0 Å². The Balaban J connectivity index is 0.000000145. The van der Waals surface area contributed by atoms with E-state index in [4.69, 9.17) is 0 Å². The monoisotopic (exact) mass is 176 g/mol. The van der Waals surface area contributed by atoms with Crippen LogP contribution >= 0.6 is 0 Å². The molecule has 1 heterocycles. The standard InChI is InChI=1S/C8H10.C2H2N2O/c1-7-3-5-8(2)6-4-7;1-3-4-2-5-1/h3-6H,1-2H3;1-2H. The number of rotatable bonds is 0. The fourth-order valence-corrected chi connectivity index (χ4v) is 0.773. The van der Waals surface area contributed by atoms with Gasteiger partial charge in [0.15, 0.2) is 0 Å². The zero-order valence-corrected chi connectivity index (χ0v) is 7.77. The molecule has 0 bridgehead atoms. The summed E-state index contributed by atoms with van der Waals surface area (Å²) in [7, 11) is 0. The van der Waals surface area contributed by atoms with Crippen molar-refractivity contribution in [3.05, 3.63) is 48.2 Å². The molecule has 68 valence electrons. The van der Waals surface area contributed by atoms with Crippen molar-refractivity contribution in [3.8, 4) is 0 Å². The molecular formula is C10H12N2O. The Morgan fingerprint density at radius 2 is 1.23 bits per heavy atom. The van der Waals surface area contributed by atoms with Crippen LogP contribution in [0.15, 0.2) is 41.5 Å². The number of aryl methyl sites for hydroxylation is 2. The van der Waals surface area contributed by atoms with Crippen molar-refractivity contribution in [2.24, 2.45) is 0 Å². The first-order valence-corrected chi connectivity index (χ1v) is 4.01. The molecule has 13 heavy (non-hydrogen) atoms. The zero-order valence-electron chi connectivity index (χ0n) is 7.77. The average molecular weight is 176 g/mol. The third kappa shape index (κ3) is 4.06. The van der Waals surface area contributed by atoms with Gasteiger partial charge in [-0.3, -0.25) is 0 Å². The fraction of sp³-hybridized carbons (Fsp3) is 0.200. The number of aromatic nitrogens is 2. The second-order valence-corrected chi connectivity index (χ2v) is 2.73. The second-order valence-electron chi connectivity index (χ2n) is 2.73. The van der Waals surface area contributed by atoms with E-state index >= 15 is 0 Å². The first kappa shape index (κ1) is 9.45. The van der Waals surface area contributed by atoms with Crippen LogP contribution in [0.25, 0.3) is 0 Å². The Morgan fingerprint density at radius 3 is 1.46 bits per heavy atom. The molecule has 0 aliphatic rings. The first-order valence-electron chi connectivity index (χ1n) is 4.01. The normalized spacial score (nSPS) is 8.77. The lowest BCUT2D eigenvalue weighted by atomic mass is 10.2. The summed E-state index contributed by atoms with van der Waals surface area (Å²) in [5.74, 6) is 0. The highest BCUT2D eigenvalue weighted by molar-refractivity contribution is 5.19. The van der Waals surface area contributed by atoms with Gasteiger partial charge in [-0.1, -0.05) is 35.4 Å². The SMILES string of the molecule is Cc1ccc(C)cc1.c1nnco1. The van der Waals surface area contributed by atoms with Crippen molar-refractivity contribution in [2.75, 3.05) is 0 Å². The molecule has 0 atom stereocenters. The number of nitrogens with zero attached hydrogens (tertiary/aromatic N) is 2. The van der Waals surface area contributed by atoms with E-state index in [0.29, 0.717) is 0 Å². The summed E-state index contributed by atoms with van der Waals surface area (Å²) in [4.78, 5) is 0. The minimum Gasteiger partial charge on any atom is -0.431 e. The summed E-state index contributed by atoms with van der Waals surface area (Å²) in [5.41, 5.74) is 2.66. The maximum Gasteiger partial charge on any atom is 0.203 e. The fourth-order valence-electron chi connectivity index (χ4n) is 0.773. The van der Waals surface area contributed by atoms with Gasteiger partial charge < -0.3 is 4.42 Å². The molecule has 2 aromatic rings. The van der Waals surface area contributed by atoms with Crippen molar-refractivity contribution >= 4 is 0 Å². The average Bonchev–Trinajstić information content (AvgIpc) is 2.68. The molecule has 0 saturated heterocycles. The molecule has 0 unspecified atom stereocenters. The maximum atomic E-state index is 4.36. The van der Waals surface area contributed by atoms with E-state index in [2.05, 4.69) is 52.7 Å². The lowest BCUT2D eigenvalue weighted by molar-refractivity contribution is 0.553. The molecule has 1 aromatic carbocycles. The zero-order chi connectivity index (χ0) is 9.52. The van der Waals surface area contributed by atoms with E-state index < -0.39 is 0 Å². The van der Waals surface area contributed by atoms with Gasteiger partial charge in [0.2, 0.25) is 12.8 Å². The van der Waals surface area contributed by atoms with Crippen LogP contribution in [-0.2, 0) is 0 Å². The lowest BCUT2D eigenvalue weighted by Gasteiger charge is -1.90. The molecule has 3 heteroatoms. The molecule has 3 nitrogen and oxygen atoms in total. The molecule has 1 aromatic heterocycles. The molecule has 0 spiro atoms. The maximum absolute atomic E-state index is 4.36. The smallest absolute Gasteiger partial charge is 0.203 e. The van der Waals surface area contributed by atoms with Crippen molar-refractivity contribution in [3.63, 3.8) is 0 Å². The van der Waals surface area contributed by atoms with Crippen molar-refractivity contribution < 1.29 is 4.42 Å². The summed E-state index contributed by atoms with van der Waals surface area (Å²) in [5, 5.41) is 6.61. The number of hydrogen-bond donors (Lipinski definition) is 0. The van der Waals surface area contributed by atoms with Crippen LogP contribution in [0.5, 0.6) is 0 Å². The molecule has 2 rings (SSSR count). The predicted molar refractivity (Wildman–Crippen MR) is 50.2 cm³/mol. The highest BCUT2D eigenvalue weighted by Gasteiger charge is 1.79. The van der Waals surface area contributed by atoms with Crippen LogP contribution in [-0.4, -0.2) is 10.2 Å².